The van der Waals surface area contributed by atoms with E-state index in [1.54, 1.807) is 0 Å². The topological polar surface area (TPSA) is 66.8 Å². The molecule has 0 aliphatic carbocycles. The van der Waals surface area contributed by atoms with Gasteiger partial charge in [0.2, 0.25) is 0 Å². The normalized spacial score (nSPS) is 9.86. The first-order valence-electron chi connectivity index (χ1n) is 3.82. The summed E-state index contributed by atoms with van der Waals surface area (Å²) in [5.74, 6) is -1.14. The van der Waals surface area contributed by atoms with Crippen molar-refractivity contribution in [1.82, 2.24) is 0 Å². The van der Waals surface area contributed by atoms with Crippen molar-refractivity contribution in [2.75, 3.05) is 7.11 Å². The van der Waals surface area contributed by atoms with E-state index >= 15 is 0 Å². The number of phenolic OH excluding ortho intramolecular Hbond substituents is 1. The highest BCUT2D eigenvalue weighted by atomic mass is 35.5. The average molecular weight is 217 g/mol. The van der Waals surface area contributed by atoms with E-state index in [4.69, 9.17) is 21.4 Å². The number of rotatable bonds is 3. The van der Waals surface area contributed by atoms with Crippen LogP contribution in [0.2, 0.25) is 5.02 Å². The van der Waals surface area contributed by atoms with E-state index in [1.807, 2.05) is 0 Å². The van der Waals surface area contributed by atoms with Gasteiger partial charge in [-0.05, 0) is 6.07 Å². The Kier molecular flexibility index (Phi) is 3.19. The van der Waals surface area contributed by atoms with E-state index in [2.05, 4.69) is 0 Å². The second-order valence-electron chi connectivity index (χ2n) is 2.66. The fourth-order valence-electron chi connectivity index (χ4n) is 1.09. The quantitative estimate of drug-likeness (QED) is 0.807. The van der Waals surface area contributed by atoms with Crippen LogP contribution >= 0.6 is 11.6 Å². The van der Waals surface area contributed by atoms with Crippen molar-refractivity contribution < 1.29 is 19.7 Å². The van der Waals surface area contributed by atoms with Gasteiger partial charge in [0.05, 0.1) is 18.6 Å². The van der Waals surface area contributed by atoms with Gasteiger partial charge >= 0.3 is 5.97 Å². The lowest BCUT2D eigenvalue weighted by Gasteiger charge is -2.08. The molecule has 0 amide bonds. The van der Waals surface area contributed by atoms with Crippen molar-refractivity contribution in [1.29, 1.82) is 0 Å². The molecular formula is C9H9ClO4. The number of halogens is 1. The molecule has 1 aromatic carbocycles. The molecule has 0 fully saturated rings. The van der Waals surface area contributed by atoms with E-state index in [0.717, 1.165) is 0 Å². The molecule has 0 radical (unpaired) electrons. The molecule has 0 atom stereocenters. The molecule has 1 aromatic rings. The van der Waals surface area contributed by atoms with Gasteiger partial charge in [0.25, 0.3) is 0 Å². The van der Waals surface area contributed by atoms with Gasteiger partial charge in [-0.25, -0.2) is 0 Å². The fourth-order valence-corrected chi connectivity index (χ4v) is 1.32. The highest BCUT2D eigenvalue weighted by molar-refractivity contribution is 6.32. The number of benzene rings is 1. The first-order chi connectivity index (χ1) is 6.56. The van der Waals surface area contributed by atoms with E-state index < -0.39 is 5.97 Å². The lowest BCUT2D eigenvalue weighted by atomic mass is 10.1. The molecule has 0 aliphatic heterocycles. The summed E-state index contributed by atoms with van der Waals surface area (Å²) < 4.78 is 4.82. The number of ether oxygens (including phenoxy) is 1. The Balaban J connectivity index is 3.14. The molecule has 0 saturated heterocycles. The second-order valence-corrected chi connectivity index (χ2v) is 3.07. The smallest absolute Gasteiger partial charge is 0.307 e. The largest absolute Gasteiger partial charge is 0.504 e. The molecule has 76 valence electrons. The van der Waals surface area contributed by atoms with Crippen LogP contribution in [-0.2, 0) is 11.2 Å². The van der Waals surface area contributed by atoms with Crippen molar-refractivity contribution in [2.24, 2.45) is 0 Å². The Hall–Kier alpha value is -1.42. The third-order valence-corrected chi connectivity index (χ3v) is 2.01. The zero-order valence-corrected chi connectivity index (χ0v) is 8.21. The Bertz CT molecular complexity index is 362. The minimum absolute atomic E-state index is 0.102. The van der Waals surface area contributed by atoms with Gasteiger partial charge < -0.3 is 14.9 Å². The molecule has 5 heteroatoms. The Morgan fingerprint density at radius 1 is 1.57 bits per heavy atom. The second kappa shape index (κ2) is 4.19. The van der Waals surface area contributed by atoms with Crippen LogP contribution in [0.5, 0.6) is 11.5 Å². The monoisotopic (exact) mass is 216 g/mol. The van der Waals surface area contributed by atoms with E-state index in [0.29, 0.717) is 0 Å². The van der Waals surface area contributed by atoms with Gasteiger partial charge in [-0.15, -0.1) is 0 Å². The van der Waals surface area contributed by atoms with Crippen molar-refractivity contribution in [3.63, 3.8) is 0 Å². The standard InChI is InChI=1S/C9H9ClO4/c1-14-9-6(10)3-2-5(8(9)13)4-7(11)12/h2-3,13H,4H2,1H3,(H,11,12). The van der Waals surface area contributed by atoms with Crippen LogP contribution < -0.4 is 4.74 Å². The Labute approximate surface area is 85.7 Å². The third-order valence-electron chi connectivity index (χ3n) is 1.71. The van der Waals surface area contributed by atoms with Crippen molar-refractivity contribution in [3.05, 3.63) is 22.7 Å². The first kappa shape index (κ1) is 10.7. The Morgan fingerprint density at radius 3 is 2.71 bits per heavy atom. The average Bonchev–Trinajstić information content (AvgIpc) is 2.10. The van der Waals surface area contributed by atoms with E-state index in [9.17, 15) is 9.90 Å². The van der Waals surface area contributed by atoms with Crippen molar-refractivity contribution in [3.8, 4) is 11.5 Å². The first-order valence-corrected chi connectivity index (χ1v) is 4.20. The summed E-state index contributed by atoms with van der Waals surface area (Å²) >= 11 is 5.71. The summed E-state index contributed by atoms with van der Waals surface area (Å²) in [5.41, 5.74) is 0.277. The van der Waals surface area contributed by atoms with Gasteiger partial charge in [0.15, 0.2) is 11.5 Å². The maximum Gasteiger partial charge on any atom is 0.307 e. The summed E-state index contributed by atoms with van der Waals surface area (Å²) in [7, 11) is 1.35. The number of carboxylic acid groups (broad SMARTS) is 1. The van der Waals surface area contributed by atoms with Crippen molar-refractivity contribution in [2.45, 2.75) is 6.42 Å². The van der Waals surface area contributed by atoms with E-state index in [1.165, 1.54) is 19.2 Å². The number of phenols is 1. The molecule has 1 rings (SSSR count). The van der Waals surface area contributed by atoms with Crippen LogP contribution in [0.25, 0.3) is 0 Å². The van der Waals surface area contributed by atoms with Crippen LogP contribution in [-0.4, -0.2) is 23.3 Å². The lowest BCUT2D eigenvalue weighted by molar-refractivity contribution is -0.136. The van der Waals surface area contributed by atoms with Gasteiger partial charge in [-0.1, -0.05) is 17.7 Å². The van der Waals surface area contributed by atoms with Crippen LogP contribution in [0.1, 0.15) is 5.56 Å². The molecule has 0 unspecified atom stereocenters. The van der Waals surface area contributed by atoms with Gasteiger partial charge in [0.1, 0.15) is 0 Å². The number of hydrogen-bond acceptors (Lipinski definition) is 3. The summed E-state index contributed by atoms with van der Waals surface area (Å²) in [5, 5.41) is 18.3. The minimum Gasteiger partial charge on any atom is -0.504 e. The van der Waals surface area contributed by atoms with Crippen LogP contribution in [0.4, 0.5) is 0 Å². The fraction of sp³-hybridized carbons (Fsp3) is 0.222. The molecule has 0 saturated carbocycles. The molecule has 0 spiro atoms. The number of carboxylic acids is 1. The van der Waals surface area contributed by atoms with Crippen LogP contribution in [0.3, 0.4) is 0 Å². The predicted octanol–water partition coefficient (Wildman–Crippen LogP) is 1.68. The van der Waals surface area contributed by atoms with Crippen LogP contribution in [0.15, 0.2) is 12.1 Å². The minimum atomic E-state index is -1.02. The van der Waals surface area contributed by atoms with Gasteiger partial charge in [0, 0.05) is 5.56 Å². The molecule has 0 heterocycles. The predicted molar refractivity (Wildman–Crippen MR) is 51.0 cm³/mol. The van der Waals surface area contributed by atoms with E-state index in [-0.39, 0.29) is 28.5 Å². The maximum absolute atomic E-state index is 10.4. The summed E-state index contributed by atoms with van der Waals surface area (Å²) in [4.78, 5) is 10.4. The molecule has 4 nitrogen and oxygen atoms in total. The Morgan fingerprint density at radius 2 is 2.21 bits per heavy atom. The molecule has 14 heavy (non-hydrogen) atoms. The molecule has 0 bridgehead atoms. The highest BCUT2D eigenvalue weighted by Crippen LogP contribution is 2.36. The highest BCUT2D eigenvalue weighted by Gasteiger charge is 2.13. The van der Waals surface area contributed by atoms with Crippen LogP contribution in [0, 0.1) is 0 Å². The molecular weight excluding hydrogens is 208 g/mol. The number of aliphatic carboxylic acids is 1. The third kappa shape index (κ3) is 2.09. The van der Waals surface area contributed by atoms with Gasteiger partial charge in [-0.2, -0.15) is 0 Å². The molecule has 0 aliphatic rings. The van der Waals surface area contributed by atoms with Gasteiger partial charge in [-0.3, -0.25) is 4.79 Å². The molecule has 0 aromatic heterocycles. The number of aromatic hydroxyl groups is 1. The number of hydrogen-bond donors (Lipinski definition) is 2. The zero-order valence-electron chi connectivity index (χ0n) is 7.45. The molecule has 2 N–H and O–H groups in total. The summed E-state index contributed by atoms with van der Waals surface area (Å²) in [6.07, 6.45) is -0.265. The number of carbonyl (C=O) groups is 1. The SMILES string of the molecule is COc1c(Cl)ccc(CC(=O)O)c1O. The number of methoxy groups -OCH3 is 1. The maximum atomic E-state index is 10.4. The zero-order chi connectivity index (χ0) is 10.7. The summed E-state index contributed by atoms with van der Waals surface area (Å²) in [6.45, 7) is 0. The lowest BCUT2D eigenvalue weighted by Crippen LogP contribution is -2.01. The van der Waals surface area contributed by atoms with Crippen molar-refractivity contribution >= 4 is 17.6 Å². The summed E-state index contributed by atoms with van der Waals surface area (Å²) in [6, 6.07) is 2.94.